The predicted octanol–water partition coefficient (Wildman–Crippen LogP) is 3.85. The number of rotatable bonds is 9. The van der Waals surface area contributed by atoms with E-state index in [1.54, 1.807) is 36.9 Å². The molecule has 8 heteroatoms. The van der Waals surface area contributed by atoms with Gasteiger partial charge in [-0.2, -0.15) is 11.8 Å². The Hall–Kier alpha value is -1.70. The molecule has 0 radical (unpaired) electrons. The van der Waals surface area contributed by atoms with Crippen LogP contribution in [0.1, 0.15) is 18.1 Å². The molecular formula is C20H25ClN2O3S2. The van der Waals surface area contributed by atoms with Crippen molar-refractivity contribution in [3.05, 3.63) is 64.7 Å². The fourth-order valence-corrected chi connectivity index (χ4v) is 5.08. The molecular weight excluding hydrogens is 416 g/mol. The summed E-state index contributed by atoms with van der Waals surface area (Å²) in [6.07, 6.45) is 1.11. The Balaban J connectivity index is 1.91. The van der Waals surface area contributed by atoms with Crippen molar-refractivity contribution >= 4 is 45.0 Å². The van der Waals surface area contributed by atoms with Crippen LogP contribution in [0.5, 0.6) is 0 Å². The van der Waals surface area contributed by atoms with Gasteiger partial charge in [-0.1, -0.05) is 41.9 Å². The number of amides is 1. The molecule has 0 aromatic heterocycles. The number of halogens is 1. The van der Waals surface area contributed by atoms with Gasteiger partial charge in [-0.05, 0) is 43.2 Å². The molecule has 1 unspecified atom stereocenters. The molecule has 5 nitrogen and oxygen atoms in total. The average molecular weight is 441 g/mol. The van der Waals surface area contributed by atoms with Gasteiger partial charge in [0.2, 0.25) is 15.9 Å². The number of hydrogen-bond donors (Lipinski definition) is 1. The standard InChI is InChI=1S/C20H25ClN2O3S2/c1-15-7-6-9-18(13-15)23(28(3,25)26)16(2)20(24)22-11-12-27-14-17-8-4-5-10-19(17)21/h4-10,13,16H,11-12,14H2,1-3H3,(H,22,24). The lowest BCUT2D eigenvalue weighted by molar-refractivity contribution is -0.121. The minimum Gasteiger partial charge on any atom is -0.353 e. The first-order chi connectivity index (χ1) is 13.2. The Bertz CT molecular complexity index is 919. The van der Waals surface area contributed by atoms with E-state index < -0.39 is 16.1 Å². The van der Waals surface area contributed by atoms with Crippen LogP contribution in [-0.2, 0) is 20.6 Å². The van der Waals surface area contributed by atoms with Gasteiger partial charge in [-0.3, -0.25) is 9.10 Å². The number of sulfonamides is 1. The highest BCUT2D eigenvalue weighted by molar-refractivity contribution is 7.98. The molecule has 1 atom stereocenters. The van der Waals surface area contributed by atoms with Crippen LogP contribution in [0.25, 0.3) is 0 Å². The molecule has 152 valence electrons. The molecule has 0 bridgehead atoms. The predicted molar refractivity (Wildman–Crippen MR) is 119 cm³/mol. The molecule has 2 aromatic rings. The van der Waals surface area contributed by atoms with Crippen molar-refractivity contribution in [2.24, 2.45) is 0 Å². The van der Waals surface area contributed by atoms with E-state index in [2.05, 4.69) is 5.32 Å². The second kappa shape index (κ2) is 10.2. The maximum atomic E-state index is 12.5. The van der Waals surface area contributed by atoms with Gasteiger partial charge in [0.15, 0.2) is 0 Å². The molecule has 0 aliphatic heterocycles. The van der Waals surface area contributed by atoms with Crippen molar-refractivity contribution < 1.29 is 13.2 Å². The van der Waals surface area contributed by atoms with Crippen LogP contribution >= 0.6 is 23.4 Å². The third kappa shape index (κ3) is 6.43. The Labute approximate surface area is 176 Å². The number of hydrogen-bond acceptors (Lipinski definition) is 4. The van der Waals surface area contributed by atoms with Crippen LogP contribution in [-0.4, -0.2) is 38.9 Å². The van der Waals surface area contributed by atoms with Gasteiger partial charge < -0.3 is 5.32 Å². The molecule has 0 aliphatic rings. The summed E-state index contributed by atoms with van der Waals surface area (Å²) in [5, 5.41) is 3.55. The van der Waals surface area contributed by atoms with E-state index in [0.717, 1.165) is 32.5 Å². The minimum absolute atomic E-state index is 0.328. The number of carbonyl (C=O) groups is 1. The number of nitrogens with zero attached hydrogens (tertiary/aromatic N) is 1. The summed E-state index contributed by atoms with van der Waals surface area (Å²) in [5.74, 6) is 1.13. The van der Waals surface area contributed by atoms with Gasteiger partial charge in [0.1, 0.15) is 6.04 Å². The van der Waals surface area contributed by atoms with Gasteiger partial charge in [0.25, 0.3) is 0 Å². The van der Waals surface area contributed by atoms with Crippen molar-refractivity contribution in [3.63, 3.8) is 0 Å². The molecule has 0 saturated carbocycles. The molecule has 0 aliphatic carbocycles. The van der Waals surface area contributed by atoms with E-state index in [4.69, 9.17) is 11.6 Å². The lowest BCUT2D eigenvalue weighted by atomic mass is 10.2. The highest BCUT2D eigenvalue weighted by Crippen LogP contribution is 2.22. The van der Waals surface area contributed by atoms with E-state index >= 15 is 0 Å². The van der Waals surface area contributed by atoms with E-state index in [0.29, 0.717) is 18.0 Å². The van der Waals surface area contributed by atoms with Crippen LogP contribution in [0.15, 0.2) is 48.5 Å². The molecule has 28 heavy (non-hydrogen) atoms. The lowest BCUT2D eigenvalue weighted by Crippen LogP contribution is -2.48. The third-order valence-corrected chi connectivity index (χ3v) is 6.72. The minimum atomic E-state index is -3.60. The fraction of sp³-hybridized carbons (Fsp3) is 0.350. The molecule has 1 amide bonds. The van der Waals surface area contributed by atoms with Crippen molar-refractivity contribution in [1.29, 1.82) is 0 Å². The molecule has 0 spiro atoms. The number of nitrogens with one attached hydrogen (secondary N) is 1. The topological polar surface area (TPSA) is 66.5 Å². The quantitative estimate of drug-likeness (QED) is 0.601. The lowest BCUT2D eigenvalue weighted by Gasteiger charge is -2.28. The van der Waals surface area contributed by atoms with Gasteiger partial charge in [-0.15, -0.1) is 0 Å². The Morgan fingerprint density at radius 1 is 1.21 bits per heavy atom. The van der Waals surface area contributed by atoms with Crippen LogP contribution in [0, 0.1) is 6.92 Å². The van der Waals surface area contributed by atoms with Gasteiger partial charge in [0.05, 0.1) is 11.9 Å². The highest BCUT2D eigenvalue weighted by atomic mass is 35.5. The average Bonchev–Trinajstić information content (AvgIpc) is 2.61. The van der Waals surface area contributed by atoms with E-state index in [-0.39, 0.29) is 5.91 Å². The van der Waals surface area contributed by atoms with Crippen molar-refractivity contribution in [1.82, 2.24) is 5.32 Å². The number of anilines is 1. The van der Waals surface area contributed by atoms with Crippen LogP contribution in [0.3, 0.4) is 0 Å². The van der Waals surface area contributed by atoms with Crippen LogP contribution in [0.2, 0.25) is 5.02 Å². The first-order valence-corrected chi connectivity index (χ1v) is 12.2. The van der Waals surface area contributed by atoms with Gasteiger partial charge in [0, 0.05) is 23.1 Å². The van der Waals surface area contributed by atoms with Crippen LogP contribution in [0.4, 0.5) is 5.69 Å². The summed E-state index contributed by atoms with van der Waals surface area (Å²) < 4.78 is 25.7. The smallest absolute Gasteiger partial charge is 0.243 e. The zero-order chi connectivity index (χ0) is 20.7. The molecule has 2 rings (SSSR count). The van der Waals surface area contributed by atoms with Crippen molar-refractivity contribution in [2.75, 3.05) is 22.9 Å². The van der Waals surface area contributed by atoms with Crippen molar-refractivity contribution in [2.45, 2.75) is 25.6 Å². The summed E-state index contributed by atoms with van der Waals surface area (Å²) in [7, 11) is -3.60. The van der Waals surface area contributed by atoms with E-state index in [9.17, 15) is 13.2 Å². The number of thioether (sulfide) groups is 1. The molecule has 0 heterocycles. The fourth-order valence-electron chi connectivity index (χ4n) is 2.77. The van der Waals surface area contributed by atoms with E-state index in [1.165, 1.54) is 0 Å². The zero-order valence-corrected chi connectivity index (χ0v) is 18.6. The van der Waals surface area contributed by atoms with Crippen LogP contribution < -0.4 is 9.62 Å². The molecule has 2 aromatic carbocycles. The molecule has 0 saturated heterocycles. The summed E-state index contributed by atoms with van der Waals surface area (Å²) in [6.45, 7) is 3.92. The Morgan fingerprint density at radius 3 is 2.57 bits per heavy atom. The zero-order valence-electron chi connectivity index (χ0n) is 16.2. The SMILES string of the molecule is Cc1cccc(N(C(C)C(=O)NCCSCc2ccccc2Cl)S(C)(=O)=O)c1. The van der Waals surface area contributed by atoms with Crippen molar-refractivity contribution in [3.8, 4) is 0 Å². The second-order valence-corrected chi connectivity index (χ2v) is 9.88. The first-order valence-electron chi connectivity index (χ1n) is 8.85. The van der Waals surface area contributed by atoms with Gasteiger partial charge in [-0.25, -0.2) is 8.42 Å². The maximum absolute atomic E-state index is 12.5. The summed E-state index contributed by atoms with van der Waals surface area (Å²) in [4.78, 5) is 12.5. The normalized spacial score (nSPS) is 12.4. The number of aryl methyl sites for hydroxylation is 1. The summed E-state index contributed by atoms with van der Waals surface area (Å²) >= 11 is 7.79. The Kier molecular flexibility index (Phi) is 8.22. The molecule has 0 fully saturated rings. The molecule has 1 N–H and O–H groups in total. The second-order valence-electron chi connectivity index (χ2n) is 6.51. The number of benzene rings is 2. The third-order valence-electron chi connectivity index (χ3n) is 4.11. The Morgan fingerprint density at radius 2 is 1.93 bits per heavy atom. The maximum Gasteiger partial charge on any atom is 0.243 e. The van der Waals surface area contributed by atoms with E-state index in [1.807, 2.05) is 37.3 Å². The monoisotopic (exact) mass is 440 g/mol. The largest absolute Gasteiger partial charge is 0.353 e. The highest BCUT2D eigenvalue weighted by Gasteiger charge is 2.28. The number of carbonyl (C=O) groups excluding carboxylic acids is 1. The van der Waals surface area contributed by atoms with Gasteiger partial charge >= 0.3 is 0 Å². The summed E-state index contributed by atoms with van der Waals surface area (Å²) in [6, 6.07) is 13.9. The first kappa shape index (κ1) is 22.6. The summed E-state index contributed by atoms with van der Waals surface area (Å²) in [5.41, 5.74) is 2.46.